The molecule has 0 fully saturated rings. The van der Waals surface area contributed by atoms with Gasteiger partial charge in [-0.15, -0.1) is 0 Å². The summed E-state index contributed by atoms with van der Waals surface area (Å²) in [6.45, 7) is 3.90. The molecule has 0 bridgehead atoms. The van der Waals surface area contributed by atoms with Gasteiger partial charge in [-0.05, 0) is 25.5 Å². The third kappa shape index (κ3) is 2.64. The van der Waals surface area contributed by atoms with Crippen LogP contribution in [0.4, 0.5) is 5.69 Å². The van der Waals surface area contributed by atoms with Crippen LogP contribution in [0.25, 0.3) is 0 Å². The maximum Gasteiger partial charge on any atom is 0.353 e. The summed E-state index contributed by atoms with van der Waals surface area (Å²) in [4.78, 5) is 29.4. The molecule has 1 atom stereocenters. The van der Waals surface area contributed by atoms with E-state index >= 15 is 0 Å². The lowest BCUT2D eigenvalue weighted by Crippen LogP contribution is -2.37. The Morgan fingerprint density at radius 2 is 2.10 bits per heavy atom. The third-order valence-electron chi connectivity index (χ3n) is 3.24. The van der Waals surface area contributed by atoms with Crippen molar-refractivity contribution in [3.63, 3.8) is 0 Å². The standard InChI is InChI=1S/C14H16N2O4/c1-8-4-5-11(9(2)6-8)16(3)13(17)12-7-10(14(18)19)15-20-12/h4-6,12H,7H2,1-3H3,(H,18,19). The number of hydrogen-bond donors (Lipinski definition) is 1. The molecule has 1 aromatic carbocycles. The molecule has 1 heterocycles. The average molecular weight is 276 g/mol. The zero-order chi connectivity index (χ0) is 14.9. The molecule has 1 unspecified atom stereocenters. The third-order valence-corrected chi connectivity index (χ3v) is 3.24. The van der Waals surface area contributed by atoms with Crippen LogP contribution in [0.2, 0.25) is 0 Å². The molecule has 1 aromatic rings. The highest BCUT2D eigenvalue weighted by Gasteiger charge is 2.34. The Morgan fingerprint density at radius 3 is 2.65 bits per heavy atom. The summed E-state index contributed by atoms with van der Waals surface area (Å²) < 4.78 is 0. The predicted molar refractivity (Wildman–Crippen MR) is 73.9 cm³/mol. The molecular weight excluding hydrogens is 260 g/mol. The van der Waals surface area contributed by atoms with E-state index in [1.54, 1.807) is 7.05 Å². The van der Waals surface area contributed by atoms with E-state index in [1.807, 2.05) is 32.0 Å². The van der Waals surface area contributed by atoms with E-state index in [1.165, 1.54) is 4.90 Å². The second kappa shape index (κ2) is 5.32. The quantitative estimate of drug-likeness (QED) is 0.907. The first-order chi connectivity index (χ1) is 9.40. The van der Waals surface area contributed by atoms with Crippen molar-refractivity contribution < 1.29 is 19.5 Å². The lowest BCUT2D eigenvalue weighted by molar-refractivity contribution is -0.129. The van der Waals surface area contributed by atoms with Gasteiger partial charge in [-0.25, -0.2) is 4.79 Å². The number of amides is 1. The maximum absolute atomic E-state index is 12.3. The molecule has 0 saturated carbocycles. The summed E-state index contributed by atoms with van der Waals surface area (Å²) in [7, 11) is 1.64. The number of carboxylic acids is 1. The molecule has 2 rings (SSSR count). The molecule has 106 valence electrons. The zero-order valence-electron chi connectivity index (χ0n) is 11.6. The fourth-order valence-electron chi connectivity index (χ4n) is 2.15. The largest absolute Gasteiger partial charge is 0.477 e. The van der Waals surface area contributed by atoms with Crippen molar-refractivity contribution >= 4 is 23.3 Å². The average Bonchev–Trinajstić information content (AvgIpc) is 2.87. The van der Waals surface area contributed by atoms with E-state index < -0.39 is 12.1 Å². The van der Waals surface area contributed by atoms with Gasteiger partial charge in [-0.3, -0.25) is 4.79 Å². The molecular formula is C14H16N2O4. The van der Waals surface area contributed by atoms with Crippen molar-refractivity contribution in [3.05, 3.63) is 29.3 Å². The Hall–Kier alpha value is -2.37. The van der Waals surface area contributed by atoms with Crippen LogP contribution in [0.3, 0.4) is 0 Å². The van der Waals surface area contributed by atoms with Crippen LogP contribution in [-0.2, 0) is 14.4 Å². The first kappa shape index (κ1) is 14.0. The lowest BCUT2D eigenvalue weighted by atomic mass is 10.1. The number of likely N-dealkylation sites (N-methyl/N-ethyl adjacent to an activating group) is 1. The highest BCUT2D eigenvalue weighted by atomic mass is 16.6. The van der Waals surface area contributed by atoms with Gasteiger partial charge < -0.3 is 14.8 Å². The summed E-state index contributed by atoms with van der Waals surface area (Å²) in [6, 6.07) is 5.76. The molecule has 0 saturated heterocycles. The van der Waals surface area contributed by atoms with Crippen molar-refractivity contribution in [3.8, 4) is 0 Å². The Bertz CT molecular complexity index is 595. The van der Waals surface area contributed by atoms with E-state index in [4.69, 9.17) is 9.94 Å². The number of carboxylic acid groups (broad SMARTS) is 1. The molecule has 20 heavy (non-hydrogen) atoms. The highest BCUT2D eigenvalue weighted by Crippen LogP contribution is 2.23. The zero-order valence-corrected chi connectivity index (χ0v) is 11.6. The van der Waals surface area contributed by atoms with Crippen LogP contribution < -0.4 is 4.90 Å². The summed E-state index contributed by atoms with van der Waals surface area (Å²) in [6.07, 6.45) is -0.879. The normalized spacial score (nSPS) is 17.4. The minimum absolute atomic E-state index is 0.0105. The fourth-order valence-corrected chi connectivity index (χ4v) is 2.15. The number of rotatable bonds is 3. The minimum Gasteiger partial charge on any atom is -0.477 e. The Balaban J connectivity index is 2.12. The Kier molecular flexibility index (Phi) is 3.74. The molecule has 0 spiro atoms. The summed E-state index contributed by atoms with van der Waals surface area (Å²) in [5, 5.41) is 12.2. The number of aliphatic carboxylic acids is 1. The molecule has 0 radical (unpaired) electrons. The topological polar surface area (TPSA) is 79.2 Å². The SMILES string of the molecule is Cc1ccc(N(C)C(=O)C2CC(C(=O)O)=NO2)c(C)c1. The second-order valence-electron chi connectivity index (χ2n) is 4.83. The summed E-state index contributed by atoms with van der Waals surface area (Å²) in [5.41, 5.74) is 2.73. The van der Waals surface area contributed by atoms with Crippen molar-refractivity contribution in [1.82, 2.24) is 0 Å². The van der Waals surface area contributed by atoms with Crippen LogP contribution >= 0.6 is 0 Å². The maximum atomic E-state index is 12.3. The van der Waals surface area contributed by atoms with Crippen molar-refractivity contribution in [1.29, 1.82) is 0 Å². The van der Waals surface area contributed by atoms with Crippen LogP contribution in [-0.4, -0.2) is 35.8 Å². The number of carbonyl (C=O) groups excluding carboxylic acids is 1. The van der Waals surface area contributed by atoms with Crippen molar-refractivity contribution in [2.45, 2.75) is 26.4 Å². The van der Waals surface area contributed by atoms with Crippen LogP contribution in [0.5, 0.6) is 0 Å². The van der Waals surface area contributed by atoms with E-state index in [2.05, 4.69) is 5.16 Å². The molecule has 1 amide bonds. The van der Waals surface area contributed by atoms with Gasteiger partial charge in [0.25, 0.3) is 5.91 Å². The smallest absolute Gasteiger partial charge is 0.353 e. The van der Waals surface area contributed by atoms with Gasteiger partial charge in [-0.2, -0.15) is 0 Å². The van der Waals surface area contributed by atoms with E-state index in [0.717, 1.165) is 16.8 Å². The number of carbonyl (C=O) groups is 2. The molecule has 1 N–H and O–H groups in total. The van der Waals surface area contributed by atoms with Crippen LogP contribution in [0, 0.1) is 13.8 Å². The lowest BCUT2D eigenvalue weighted by Gasteiger charge is -2.22. The molecule has 0 aliphatic carbocycles. The van der Waals surface area contributed by atoms with Gasteiger partial charge in [0.1, 0.15) is 0 Å². The van der Waals surface area contributed by atoms with Crippen LogP contribution in [0.1, 0.15) is 17.5 Å². The molecule has 0 aromatic heterocycles. The Labute approximate surface area is 116 Å². The van der Waals surface area contributed by atoms with Gasteiger partial charge in [0.15, 0.2) is 5.71 Å². The van der Waals surface area contributed by atoms with Gasteiger partial charge in [0.2, 0.25) is 6.10 Å². The molecule has 6 heteroatoms. The van der Waals surface area contributed by atoms with Crippen molar-refractivity contribution in [2.75, 3.05) is 11.9 Å². The number of benzene rings is 1. The first-order valence-corrected chi connectivity index (χ1v) is 6.21. The first-order valence-electron chi connectivity index (χ1n) is 6.21. The van der Waals surface area contributed by atoms with Gasteiger partial charge in [-0.1, -0.05) is 22.9 Å². The van der Waals surface area contributed by atoms with Gasteiger partial charge in [0.05, 0.1) is 0 Å². The van der Waals surface area contributed by atoms with Gasteiger partial charge in [0, 0.05) is 19.2 Å². The van der Waals surface area contributed by atoms with Crippen LogP contribution in [0.15, 0.2) is 23.4 Å². The van der Waals surface area contributed by atoms with E-state index in [-0.39, 0.29) is 18.0 Å². The molecule has 1 aliphatic rings. The Morgan fingerprint density at radius 1 is 1.40 bits per heavy atom. The number of anilines is 1. The number of aryl methyl sites for hydroxylation is 2. The predicted octanol–water partition coefficient (Wildman–Crippen LogP) is 1.50. The summed E-state index contributed by atoms with van der Waals surface area (Å²) >= 11 is 0. The minimum atomic E-state index is -1.16. The van der Waals surface area contributed by atoms with E-state index in [0.29, 0.717) is 0 Å². The van der Waals surface area contributed by atoms with Gasteiger partial charge >= 0.3 is 5.97 Å². The second-order valence-corrected chi connectivity index (χ2v) is 4.83. The van der Waals surface area contributed by atoms with Crippen molar-refractivity contribution in [2.24, 2.45) is 5.16 Å². The highest BCUT2D eigenvalue weighted by molar-refractivity contribution is 6.36. The fraction of sp³-hybridized carbons (Fsp3) is 0.357. The molecule has 1 aliphatic heterocycles. The monoisotopic (exact) mass is 276 g/mol. The number of oxime groups is 1. The summed E-state index contributed by atoms with van der Waals surface area (Å²) in [5.74, 6) is -1.47. The number of hydrogen-bond acceptors (Lipinski definition) is 4. The number of nitrogens with zero attached hydrogens (tertiary/aromatic N) is 2. The van der Waals surface area contributed by atoms with E-state index in [9.17, 15) is 9.59 Å². The molecule has 6 nitrogen and oxygen atoms in total.